The van der Waals surface area contributed by atoms with Gasteiger partial charge in [-0.1, -0.05) is 18.2 Å². The Bertz CT molecular complexity index is 807. The maximum atomic E-state index is 13.2. The molecule has 2 heterocycles. The SMILES string of the molecule is O=C(NCc1ccncc1)C(Cc1cccnc1)c1ccc(F)cc1. The average molecular weight is 335 g/mol. The number of hydrogen-bond acceptors (Lipinski definition) is 3. The second kappa shape index (κ2) is 8.15. The highest BCUT2D eigenvalue weighted by Gasteiger charge is 2.21. The predicted octanol–water partition coefficient (Wildman–Crippen LogP) is 3.26. The third kappa shape index (κ3) is 4.70. The van der Waals surface area contributed by atoms with Crippen molar-refractivity contribution in [2.45, 2.75) is 18.9 Å². The van der Waals surface area contributed by atoms with Crippen molar-refractivity contribution in [3.05, 3.63) is 95.8 Å². The Hall–Kier alpha value is -3.08. The monoisotopic (exact) mass is 335 g/mol. The van der Waals surface area contributed by atoms with Crippen molar-refractivity contribution in [3.63, 3.8) is 0 Å². The van der Waals surface area contributed by atoms with Crippen molar-refractivity contribution in [2.24, 2.45) is 0 Å². The smallest absolute Gasteiger partial charge is 0.228 e. The van der Waals surface area contributed by atoms with Gasteiger partial charge in [0.05, 0.1) is 5.92 Å². The Balaban J connectivity index is 1.77. The Morgan fingerprint density at radius 2 is 1.72 bits per heavy atom. The molecule has 0 radical (unpaired) electrons. The maximum Gasteiger partial charge on any atom is 0.228 e. The zero-order valence-electron chi connectivity index (χ0n) is 13.6. The molecule has 126 valence electrons. The van der Waals surface area contributed by atoms with Crippen LogP contribution in [0.1, 0.15) is 22.6 Å². The van der Waals surface area contributed by atoms with Crippen LogP contribution in [0.5, 0.6) is 0 Å². The first-order valence-electron chi connectivity index (χ1n) is 8.03. The quantitative estimate of drug-likeness (QED) is 0.752. The van der Waals surface area contributed by atoms with E-state index in [1.165, 1.54) is 12.1 Å². The molecule has 0 saturated heterocycles. The maximum absolute atomic E-state index is 13.2. The van der Waals surface area contributed by atoms with Crippen LogP contribution in [0.3, 0.4) is 0 Å². The minimum atomic E-state index is -0.411. The van der Waals surface area contributed by atoms with Crippen molar-refractivity contribution in [3.8, 4) is 0 Å². The summed E-state index contributed by atoms with van der Waals surface area (Å²) in [6, 6.07) is 13.5. The van der Waals surface area contributed by atoms with Crippen LogP contribution in [-0.4, -0.2) is 15.9 Å². The summed E-state index contributed by atoms with van der Waals surface area (Å²) in [5, 5.41) is 2.95. The van der Waals surface area contributed by atoms with Gasteiger partial charge in [-0.05, 0) is 53.4 Å². The summed E-state index contributed by atoms with van der Waals surface area (Å²) < 4.78 is 13.2. The first-order valence-corrected chi connectivity index (χ1v) is 8.03. The second-order valence-corrected chi connectivity index (χ2v) is 5.74. The van der Waals surface area contributed by atoms with Crippen LogP contribution >= 0.6 is 0 Å². The highest BCUT2D eigenvalue weighted by atomic mass is 19.1. The molecule has 3 aromatic rings. The van der Waals surface area contributed by atoms with Crippen molar-refractivity contribution >= 4 is 5.91 Å². The molecular weight excluding hydrogens is 317 g/mol. The lowest BCUT2D eigenvalue weighted by atomic mass is 9.91. The molecule has 2 aromatic heterocycles. The lowest BCUT2D eigenvalue weighted by Crippen LogP contribution is -2.30. The van der Waals surface area contributed by atoms with E-state index in [0.717, 1.165) is 16.7 Å². The summed E-state index contributed by atoms with van der Waals surface area (Å²) >= 11 is 0. The zero-order chi connectivity index (χ0) is 17.5. The van der Waals surface area contributed by atoms with Crippen molar-refractivity contribution in [1.82, 2.24) is 15.3 Å². The first-order chi connectivity index (χ1) is 12.2. The summed E-state index contributed by atoms with van der Waals surface area (Å²) in [6.07, 6.45) is 7.32. The fourth-order valence-electron chi connectivity index (χ4n) is 2.62. The Kier molecular flexibility index (Phi) is 5.46. The Morgan fingerprint density at radius 3 is 2.40 bits per heavy atom. The summed E-state index contributed by atoms with van der Waals surface area (Å²) in [7, 11) is 0. The van der Waals surface area contributed by atoms with Crippen molar-refractivity contribution in [2.75, 3.05) is 0 Å². The number of carbonyl (C=O) groups excluding carboxylic acids is 1. The number of carbonyl (C=O) groups is 1. The zero-order valence-corrected chi connectivity index (χ0v) is 13.6. The third-order valence-corrected chi connectivity index (χ3v) is 3.97. The number of rotatable bonds is 6. The number of pyridine rings is 2. The van der Waals surface area contributed by atoms with E-state index in [1.807, 2.05) is 24.3 Å². The molecule has 1 unspecified atom stereocenters. The van der Waals surface area contributed by atoms with Crippen LogP contribution in [0.15, 0.2) is 73.3 Å². The van der Waals surface area contributed by atoms with Gasteiger partial charge in [0.1, 0.15) is 5.82 Å². The van der Waals surface area contributed by atoms with E-state index in [-0.39, 0.29) is 11.7 Å². The molecule has 5 heteroatoms. The molecule has 0 bridgehead atoms. The predicted molar refractivity (Wildman–Crippen MR) is 93.2 cm³/mol. The van der Waals surface area contributed by atoms with Gasteiger partial charge in [-0.15, -0.1) is 0 Å². The van der Waals surface area contributed by atoms with Crippen LogP contribution in [0.25, 0.3) is 0 Å². The van der Waals surface area contributed by atoms with Gasteiger partial charge in [-0.25, -0.2) is 4.39 Å². The van der Waals surface area contributed by atoms with Gasteiger partial charge in [-0.2, -0.15) is 0 Å². The molecule has 1 N–H and O–H groups in total. The summed E-state index contributed by atoms with van der Waals surface area (Å²) in [5.74, 6) is -0.833. The Labute approximate surface area is 145 Å². The van der Waals surface area contributed by atoms with Gasteiger partial charge in [-0.3, -0.25) is 14.8 Å². The van der Waals surface area contributed by atoms with E-state index in [2.05, 4.69) is 15.3 Å². The molecule has 0 saturated carbocycles. The van der Waals surface area contributed by atoms with Crippen LogP contribution in [-0.2, 0) is 17.8 Å². The summed E-state index contributed by atoms with van der Waals surface area (Å²) in [6.45, 7) is 0.423. The van der Waals surface area contributed by atoms with Gasteiger partial charge in [0, 0.05) is 31.3 Å². The van der Waals surface area contributed by atoms with Crippen LogP contribution < -0.4 is 5.32 Å². The summed E-state index contributed by atoms with van der Waals surface area (Å²) in [4.78, 5) is 20.8. The molecule has 0 aliphatic carbocycles. The van der Waals surface area contributed by atoms with Crippen LogP contribution in [0.4, 0.5) is 4.39 Å². The number of aromatic nitrogens is 2. The molecule has 1 amide bonds. The summed E-state index contributed by atoms with van der Waals surface area (Å²) in [5.41, 5.74) is 2.70. The lowest BCUT2D eigenvalue weighted by molar-refractivity contribution is -0.122. The van der Waals surface area contributed by atoms with Crippen molar-refractivity contribution in [1.29, 1.82) is 0 Å². The van der Waals surface area contributed by atoms with Gasteiger partial charge in [0.15, 0.2) is 0 Å². The van der Waals surface area contributed by atoms with Gasteiger partial charge >= 0.3 is 0 Å². The van der Waals surface area contributed by atoms with E-state index in [4.69, 9.17) is 0 Å². The minimum Gasteiger partial charge on any atom is -0.351 e. The minimum absolute atomic E-state index is 0.104. The highest BCUT2D eigenvalue weighted by molar-refractivity contribution is 5.84. The molecule has 0 aliphatic heterocycles. The van der Waals surface area contributed by atoms with Crippen molar-refractivity contribution < 1.29 is 9.18 Å². The van der Waals surface area contributed by atoms with E-state index in [0.29, 0.717) is 13.0 Å². The second-order valence-electron chi connectivity index (χ2n) is 5.74. The molecule has 1 atom stereocenters. The highest BCUT2D eigenvalue weighted by Crippen LogP contribution is 2.21. The molecule has 0 aliphatic rings. The number of nitrogens with one attached hydrogen (secondary N) is 1. The average Bonchev–Trinajstić information content (AvgIpc) is 2.67. The standard InChI is InChI=1S/C20H18FN3O/c21-18-5-3-17(4-6-18)19(12-16-2-1-9-23-13-16)20(25)24-14-15-7-10-22-11-8-15/h1-11,13,19H,12,14H2,(H,24,25). The topological polar surface area (TPSA) is 54.9 Å². The normalized spacial score (nSPS) is 11.7. The molecule has 0 fully saturated rings. The molecule has 0 spiro atoms. The Morgan fingerprint density at radius 1 is 0.960 bits per heavy atom. The molecule has 4 nitrogen and oxygen atoms in total. The number of amides is 1. The number of nitrogens with zero attached hydrogens (tertiary/aromatic N) is 2. The molecule has 25 heavy (non-hydrogen) atoms. The van der Waals surface area contributed by atoms with Gasteiger partial charge in [0.25, 0.3) is 0 Å². The third-order valence-electron chi connectivity index (χ3n) is 3.97. The number of halogens is 1. The van der Waals surface area contributed by atoms with E-state index < -0.39 is 5.92 Å². The van der Waals surface area contributed by atoms with Gasteiger partial charge < -0.3 is 5.32 Å². The van der Waals surface area contributed by atoms with E-state index >= 15 is 0 Å². The van der Waals surface area contributed by atoms with Gasteiger partial charge in [0.2, 0.25) is 5.91 Å². The first kappa shape index (κ1) is 16.8. The lowest BCUT2D eigenvalue weighted by Gasteiger charge is -2.17. The molecular formula is C20H18FN3O. The van der Waals surface area contributed by atoms with Crippen LogP contribution in [0, 0.1) is 5.82 Å². The fourth-order valence-corrected chi connectivity index (χ4v) is 2.62. The largest absolute Gasteiger partial charge is 0.351 e. The number of hydrogen-bond donors (Lipinski definition) is 1. The van der Waals surface area contributed by atoms with Crippen LogP contribution in [0.2, 0.25) is 0 Å². The number of benzene rings is 1. The fraction of sp³-hybridized carbons (Fsp3) is 0.150. The van der Waals surface area contributed by atoms with E-state index in [1.54, 1.807) is 36.9 Å². The van der Waals surface area contributed by atoms with E-state index in [9.17, 15) is 9.18 Å². The molecule has 1 aromatic carbocycles. The molecule has 3 rings (SSSR count).